The van der Waals surface area contributed by atoms with Gasteiger partial charge in [-0.3, -0.25) is 0 Å². The lowest BCUT2D eigenvalue weighted by Gasteiger charge is -2.27. The lowest BCUT2D eigenvalue weighted by molar-refractivity contribution is 0.669. The average molecular weight is 734 g/mol. The van der Waals surface area contributed by atoms with Gasteiger partial charge in [0.05, 0.1) is 28.0 Å². The van der Waals surface area contributed by atoms with E-state index in [0.29, 0.717) is 5.82 Å². The molecule has 0 saturated carbocycles. The second-order valence-corrected chi connectivity index (χ2v) is 13.8. The molecule has 0 N–H and O–H groups in total. The van der Waals surface area contributed by atoms with E-state index < -0.39 is 0 Å². The molecular formula is C53H39N3O. The van der Waals surface area contributed by atoms with E-state index in [4.69, 9.17) is 14.4 Å². The van der Waals surface area contributed by atoms with Gasteiger partial charge in [0.15, 0.2) is 5.82 Å². The van der Waals surface area contributed by atoms with Crippen LogP contribution in [-0.4, -0.2) is 9.97 Å². The maximum Gasteiger partial charge on any atom is 0.164 e. The van der Waals surface area contributed by atoms with Crippen LogP contribution < -0.4 is 4.90 Å². The Morgan fingerprint density at radius 2 is 1.12 bits per heavy atom. The van der Waals surface area contributed by atoms with Crippen molar-refractivity contribution in [2.24, 2.45) is 0 Å². The predicted molar refractivity (Wildman–Crippen MR) is 239 cm³/mol. The Hall–Kier alpha value is -7.56. The van der Waals surface area contributed by atoms with Crippen molar-refractivity contribution in [1.82, 2.24) is 9.97 Å². The first-order valence-corrected chi connectivity index (χ1v) is 19.1. The molecule has 0 amide bonds. The van der Waals surface area contributed by atoms with Gasteiger partial charge in [0.1, 0.15) is 11.2 Å². The van der Waals surface area contributed by atoms with Gasteiger partial charge in [0.25, 0.3) is 0 Å². The Morgan fingerprint density at radius 1 is 0.579 bits per heavy atom. The summed E-state index contributed by atoms with van der Waals surface area (Å²) in [6.45, 7) is 5.91. The predicted octanol–water partition coefficient (Wildman–Crippen LogP) is 14.7. The molecule has 0 aliphatic rings. The lowest BCUT2D eigenvalue weighted by Crippen LogP contribution is -2.10. The molecular weight excluding hydrogens is 695 g/mol. The SMILES string of the molecule is C=C/C=C\C(=C/C)c1cc(-c2ccccc2)nc(-c2ccc(N(c3ccc(-c4ccccc4)cc3)c3ccc(-c4ccccc4)cc3)c3c2oc2ccccc23)n1. The van der Waals surface area contributed by atoms with Crippen LogP contribution in [0.25, 0.3) is 72.4 Å². The van der Waals surface area contributed by atoms with Gasteiger partial charge < -0.3 is 9.32 Å². The topological polar surface area (TPSA) is 42.2 Å². The monoisotopic (exact) mass is 733 g/mol. The van der Waals surface area contributed by atoms with E-state index in [-0.39, 0.29) is 0 Å². The molecule has 0 fully saturated rings. The van der Waals surface area contributed by atoms with Crippen LogP contribution in [0.15, 0.2) is 217 Å². The maximum atomic E-state index is 6.84. The largest absolute Gasteiger partial charge is 0.455 e. The van der Waals surface area contributed by atoms with Crippen molar-refractivity contribution >= 4 is 44.6 Å². The molecule has 7 aromatic carbocycles. The van der Waals surface area contributed by atoms with Gasteiger partial charge in [0, 0.05) is 22.3 Å². The summed E-state index contributed by atoms with van der Waals surface area (Å²) >= 11 is 0. The highest BCUT2D eigenvalue weighted by Gasteiger charge is 2.24. The maximum absolute atomic E-state index is 6.84. The highest BCUT2D eigenvalue weighted by molar-refractivity contribution is 6.16. The fourth-order valence-electron chi connectivity index (χ4n) is 7.44. The van der Waals surface area contributed by atoms with Crippen LogP contribution in [-0.2, 0) is 0 Å². The molecule has 0 aliphatic heterocycles. The molecule has 4 heteroatoms. The number of nitrogens with zero attached hydrogens (tertiary/aromatic N) is 3. The average Bonchev–Trinajstić information content (AvgIpc) is 3.68. The number of benzene rings is 7. The van der Waals surface area contributed by atoms with Crippen molar-refractivity contribution in [2.75, 3.05) is 4.90 Å². The van der Waals surface area contributed by atoms with E-state index in [1.165, 1.54) is 11.1 Å². The minimum absolute atomic E-state index is 0.583. The number of furan rings is 1. The Bertz CT molecular complexity index is 2810. The Kier molecular flexibility index (Phi) is 9.66. The van der Waals surface area contributed by atoms with Gasteiger partial charge in [-0.25, -0.2) is 9.97 Å². The van der Waals surface area contributed by atoms with Crippen molar-refractivity contribution in [3.05, 3.63) is 219 Å². The van der Waals surface area contributed by atoms with E-state index in [1.54, 1.807) is 6.08 Å². The summed E-state index contributed by atoms with van der Waals surface area (Å²) in [6.07, 6.45) is 7.79. The van der Waals surface area contributed by atoms with Crippen LogP contribution in [0.4, 0.5) is 17.1 Å². The number of allylic oxidation sites excluding steroid dienone is 5. The van der Waals surface area contributed by atoms with Crippen LogP contribution in [0.3, 0.4) is 0 Å². The number of para-hydroxylation sites is 1. The molecule has 2 heterocycles. The van der Waals surface area contributed by atoms with Crippen molar-refractivity contribution in [3.63, 3.8) is 0 Å². The first-order chi connectivity index (χ1) is 28.2. The van der Waals surface area contributed by atoms with Crippen LogP contribution in [0.2, 0.25) is 0 Å². The summed E-state index contributed by atoms with van der Waals surface area (Å²) in [6, 6.07) is 63.3. The third-order valence-electron chi connectivity index (χ3n) is 10.3. The zero-order valence-corrected chi connectivity index (χ0v) is 31.6. The summed E-state index contributed by atoms with van der Waals surface area (Å²) in [7, 11) is 0. The van der Waals surface area contributed by atoms with E-state index in [1.807, 2.05) is 67.6 Å². The molecule has 9 aromatic rings. The van der Waals surface area contributed by atoms with Crippen LogP contribution >= 0.6 is 0 Å². The minimum Gasteiger partial charge on any atom is -0.455 e. The molecule has 0 bridgehead atoms. The van der Waals surface area contributed by atoms with E-state index in [0.717, 1.165) is 78.2 Å². The zero-order chi connectivity index (χ0) is 38.6. The van der Waals surface area contributed by atoms with Crippen molar-refractivity contribution in [3.8, 4) is 44.9 Å². The molecule has 0 radical (unpaired) electrons. The van der Waals surface area contributed by atoms with E-state index in [9.17, 15) is 0 Å². The summed E-state index contributed by atoms with van der Waals surface area (Å²) in [5, 5.41) is 1.99. The Labute approximate surface area is 333 Å². The molecule has 0 spiro atoms. The first-order valence-electron chi connectivity index (χ1n) is 19.1. The van der Waals surface area contributed by atoms with Gasteiger partial charge in [-0.2, -0.15) is 0 Å². The molecule has 2 aromatic heterocycles. The standard InChI is InChI=1S/C53H39N3O/c1-3-5-17-37(4-2)47-36-48(42-22-13-8-14-23-42)55-53(54-47)46-34-35-49(51-45-24-15-16-25-50(45)57-52(46)51)56(43-30-26-40(27-31-43)38-18-9-6-10-19-38)44-32-28-41(29-33-44)39-20-11-7-12-21-39/h3-36H,1H2,2H3/b17-5-,37-4+. The van der Waals surface area contributed by atoms with Crippen molar-refractivity contribution in [2.45, 2.75) is 6.92 Å². The number of fused-ring (bicyclic) bond motifs is 3. The first kappa shape index (κ1) is 35.2. The summed E-state index contributed by atoms with van der Waals surface area (Å²) < 4.78 is 6.84. The van der Waals surface area contributed by atoms with E-state index in [2.05, 4.69) is 151 Å². The third kappa shape index (κ3) is 6.97. The Balaban J connectivity index is 1.27. The number of rotatable bonds is 10. The summed E-state index contributed by atoms with van der Waals surface area (Å²) in [5.41, 5.74) is 13.6. The number of hydrogen-bond acceptors (Lipinski definition) is 4. The van der Waals surface area contributed by atoms with Gasteiger partial charge >= 0.3 is 0 Å². The van der Waals surface area contributed by atoms with Gasteiger partial charge in [-0.15, -0.1) is 0 Å². The lowest BCUT2D eigenvalue weighted by atomic mass is 10.0. The quantitative estimate of drug-likeness (QED) is 0.131. The molecule has 57 heavy (non-hydrogen) atoms. The normalized spacial score (nSPS) is 11.7. The highest BCUT2D eigenvalue weighted by Crippen LogP contribution is 2.46. The number of anilines is 3. The van der Waals surface area contributed by atoms with Crippen molar-refractivity contribution in [1.29, 1.82) is 0 Å². The third-order valence-corrected chi connectivity index (χ3v) is 10.3. The van der Waals surface area contributed by atoms with Gasteiger partial charge in [0.2, 0.25) is 0 Å². The number of aromatic nitrogens is 2. The van der Waals surface area contributed by atoms with Gasteiger partial charge in [-0.05, 0) is 83.3 Å². The molecule has 0 unspecified atom stereocenters. The van der Waals surface area contributed by atoms with Gasteiger partial charge in [-0.1, -0.05) is 164 Å². The highest BCUT2D eigenvalue weighted by atomic mass is 16.3. The molecule has 4 nitrogen and oxygen atoms in total. The van der Waals surface area contributed by atoms with Crippen molar-refractivity contribution < 1.29 is 4.42 Å². The molecule has 0 atom stereocenters. The summed E-state index contributed by atoms with van der Waals surface area (Å²) in [4.78, 5) is 12.7. The zero-order valence-electron chi connectivity index (χ0n) is 31.6. The van der Waals surface area contributed by atoms with Crippen LogP contribution in [0, 0.1) is 0 Å². The van der Waals surface area contributed by atoms with Crippen LogP contribution in [0.1, 0.15) is 12.6 Å². The van der Waals surface area contributed by atoms with Crippen LogP contribution in [0.5, 0.6) is 0 Å². The fourth-order valence-corrected chi connectivity index (χ4v) is 7.44. The smallest absolute Gasteiger partial charge is 0.164 e. The molecule has 0 aliphatic carbocycles. The molecule has 0 saturated heterocycles. The molecule has 9 rings (SSSR count). The Morgan fingerprint density at radius 3 is 1.70 bits per heavy atom. The van der Waals surface area contributed by atoms with E-state index >= 15 is 0 Å². The summed E-state index contributed by atoms with van der Waals surface area (Å²) in [5.74, 6) is 0.583. The number of hydrogen-bond donors (Lipinski definition) is 0. The minimum atomic E-state index is 0.583. The molecule has 272 valence electrons. The second-order valence-electron chi connectivity index (χ2n) is 13.8. The second kappa shape index (κ2) is 15.7. The fraction of sp³-hybridized carbons (Fsp3) is 0.0189.